The van der Waals surface area contributed by atoms with Crippen LogP contribution in [0, 0.1) is 0 Å². The summed E-state index contributed by atoms with van der Waals surface area (Å²) in [4.78, 5) is 33.8. The van der Waals surface area contributed by atoms with Crippen LogP contribution in [0.2, 0.25) is 4.34 Å². The lowest BCUT2D eigenvalue weighted by atomic mass is 10.0. The Balaban J connectivity index is 1.57. The van der Waals surface area contributed by atoms with Crippen molar-refractivity contribution in [1.82, 2.24) is 30.2 Å². The van der Waals surface area contributed by atoms with Crippen molar-refractivity contribution in [3.05, 3.63) is 45.7 Å². The van der Waals surface area contributed by atoms with Gasteiger partial charge < -0.3 is 14.7 Å². The number of hydrogen-bond acceptors (Lipinski definition) is 8. The zero-order chi connectivity index (χ0) is 28.3. The zero-order valence-corrected chi connectivity index (χ0v) is 23.1. The van der Waals surface area contributed by atoms with E-state index in [1.54, 1.807) is 18.2 Å². The number of nitrogens with one attached hydrogen (secondary N) is 1. The fourth-order valence-electron chi connectivity index (χ4n) is 4.26. The number of nitrogens with zero attached hydrogens (tertiary/aromatic N) is 5. The van der Waals surface area contributed by atoms with E-state index in [-0.39, 0.29) is 29.0 Å². The Hall–Kier alpha value is -2.94. The van der Waals surface area contributed by atoms with Gasteiger partial charge in [0.1, 0.15) is 17.9 Å². The number of amides is 2. The monoisotopic (exact) mass is 588 g/mol. The summed E-state index contributed by atoms with van der Waals surface area (Å²) in [6.07, 6.45) is -3.22. The minimum absolute atomic E-state index is 0.00332. The molecule has 2 amide bonds. The van der Waals surface area contributed by atoms with Crippen molar-refractivity contribution < 1.29 is 32.1 Å². The highest BCUT2D eigenvalue weighted by atomic mass is 35.5. The summed E-state index contributed by atoms with van der Waals surface area (Å²) in [6.45, 7) is 4.15. The van der Waals surface area contributed by atoms with Crippen LogP contribution in [0.1, 0.15) is 53.4 Å². The first-order chi connectivity index (χ1) is 18.4. The molecule has 4 heterocycles. The van der Waals surface area contributed by atoms with Gasteiger partial charge in [0.2, 0.25) is 0 Å². The number of rotatable bonds is 9. The lowest BCUT2D eigenvalue weighted by Gasteiger charge is -2.34. The second-order valence-electron chi connectivity index (χ2n) is 9.38. The highest BCUT2D eigenvalue weighted by molar-refractivity contribution is 7.19. The van der Waals surface area contributed by atoms with Gasteiger partial charge in [0.15, 0.2) is 11.5 Å². The summed E-state index contributed by atoms with van der Waals surface area (Å²) in [5.74, 6) is -1.19. The molecule has 39 heavy (non-hydrogen) atoms. The summed E-state index contributed by atoms with van der Waals surface area (Å²) in [5.41, 5.74) is 0.000792. The molecule has 3 aromatic rings. The molecule has 0 unspecified atom stereocenters. The van der Waals surface area contributed by atoms with Crippen molar-refractivity contribution in [3.8, 4) is 10.6 Å². The van der Waals surface area contributed by atoms with Crippen molar-refractivity contribution in [2.24, 2.45) is 0 Å². The van der Waals surface area contributed by atoms with Gasteiger partial charge in [-0.25, -0.2) is 5.06 Å². The van der Waals surface area contributed by atoms with Crippen molar-refractivity contribution >= 4 is 34.8 Å². The SMILES string of the molecule is CON(CC(F)(F)F)C(=O)c1cc(C(=O)NC2CCN(C(C)C)CC2)n(Cc2cc(-c3ccc(Cl)s3)on2)n1. The molecule has 15 heteroatoms. The Morgan fingerprint density at radius 3 is 2.59 bits per heavy atom. The van der Waals surface area contributed by atoms with Crippen LogP contribution in [-0.2, 0) is 11.4 Å². The van der Waals surface area contributed by atoms with E-state index in [9.17, 15) is 22.8 Å². The highest BCUT2D eigenvalue weighted by Crippen LogP contribution is 2.31. The number of likely N-dealkylation sites (tertiary alicyclic amines) is 1. The molecule has 1 fully saturated rings. The van der Waals surface area contributed by atoms with Crippen molar-refractivity contribution in [2.45, 2.75) is 51.5 Å². The van der Waals surface area contributed by atoms with E-state index >= 15 is 0 Å². The summed E-state index contributed by atoms with van der Waals surface area (Å²) in [5, 5.41) is 11.3. The zero-order valence-electron chi connectivity index (χ0n) is 21.5. The summed E-state index contributed by atoms with van der Waals surface area (Å²) in [6, 6.07) is 6.58. The molecule has 0 aliphatic carbocycles. The average molecular weight is 589 g/mol. The van der Waals surface area contributed by atoms with Crippen molar-refractivity contribution in [3.63, 3.8) is 0 Å². The van der Waals surface area contributed by atoms with Crippen LogP contribution < -0.4 is 5.32 Å². The van der Waals surface area contributed by atoms with Gasteiger partial charge in [0.25, 0.3) is 11.8 Å². The van der Waals surface area contributed by atoms with E-state index in [4.69, 9.17) is 16.1 Å². The third-order valence-electron chi connectivity index (χ3n) is 6.28. The van der Waals surface area contributed by atoms with Crippen molar-refractivity contribution in [2.75, 3.05) is 26.7 Å². The number of aromatic nitrogens is 3. The largest absolute Gasteiger partial charge is 0.408 e. The molecule has 0 aromatic carbocycles. The second-order valence-corrected chi connectivity index (χ2v) is 11.1. The summed E-state index contributed by atoms with van der Waals surface area (Å²) >= 11 is 7.29. The Morgan fingerprint density at radius 1 is 1.28 bits per heavy atom. The van der Waals surface area contributed by atoms with E-state index in [2.05, 4.69) is 39.2 Å². The maximum absolute atomic E-state index is 13.3. The summed E-state index contributed by atoms with van der Waals surface area (Å²) in [7, 11) is 0.950. The molecule has 1 aliphatic rings. The van der Waals surface area contributed by atoms with E-state index < -0.39 is 24.5 Å². The number of hydroxylamine groups is 2. The molecule has 0 radical (unpaired) electrons. The molecule has 212 valence electrons. The van der Waals surface area contributed by atoms with Gasteiger partial charge in [-0.05, 0) is 38.8 Å². The van der Waals surface area contributed by atoms with Gasteiger partial charge in [0, 0.05) is 37.3 Å². The van der Waals surface area contributed by atoms with Crippen LogP contribution in [0.3, 0.4) is 0 Å². The molecule has 1 aliphatic heterocycles. The maximum Gasteiger partial charge on any atom is 0.408 e. The molecule has 0 spiro atoms. The minimum Gasteiger partial charge on any atom is -0.355 e. The standard InChI is InChI=1S/C24H28ClF3N6O4S/c1-14(2)32-8-6-15(7-9-32)29-22(35)18-11-17(23(36)34(37-3)13-24(26,27)28)30-33(18)12-16-10-19(38-31-16)20-4-5-21(25)39-20/h4-5,10-11,14-15H,6-9,12-13H2,1-3H3,(H,29,35). The van der Waals surface area contributed by atoms with Gasteiger partial charge >= 0.3 is 6.18 Å². The molecule has 4 rings (SSSR count). The molecule has 1 saturated heterocycles. The first-order valence-electron chi connectivity index (χ1n) is 12.2. The smallest absolute Gasteiger partial charge is 0.355 e. The fourth-order valence-corrected chi connectivity index (χ4v) is 5.25. The summed E-state index contributed by atoms with van der Waals surface area (Å²) < 4.78 is 46.0. The number of piperidine rings is 1. The molecule has 0 bridgehead atoms. The molecule has 1 N–H and O–H groups in total. The predicted molar refractivity (Wildman–Crippen MR) is 137 cm³/mol. The van der Waals surface area contributed by atoms with Crippen LogP contribution in [-0.4, -0.2) is 81.7 Å². The topological polar surface area (TPSA) is 106 Å². The molecule has 0 saturated carbocycles. The number of halogens is 4. The molecule has 0 atom stereocenters. The quantitative estimate of drug-likeness (QED) is 0.368. The predicted octanol–water partition coefficient (Wildman–Crippen LogP) is 4.47. The van der Waals surface area contributed by atoms with Crippen LogP contribution in [0.25, 0.3) is 10.6 Å². The van der Waals surface area contributed by atoms with Crippen LogP contribution in [0.4, 0.5) is 13.2 Å². The van der Waals surface area contributed by atoms with Gasteiger partial charge in [0.05, 0.1) is 22.9 Å². The third kappa shape index (κ3) is 7.38. The lowest BCUT2D eigenvalue weighted by molar-refractivity contribution is -0.200. The van der Waals surface area contributed by atoms with Gasteiger partial charge in [-0.1, -0.05) is 16.8 Å². The van der Waals surface area contributed by atoms with E-state index in [0.717, 1.165) is 44.0 Å². The van der Waals surface area contributed by atoms with Crippen LogP contribution in [0.15, 0.2) is 28.8 Å². The fraction of sp³-hybridized carbons (Fsp3) is 0.500. The van der Waals surface area contributed by atoms with E-state index in [1.165, 1.54) is 16.0 Å². The normalized spacial score (nSPS) is 15.2. The Labute approximate surface area is 231 Å². The van der Waals surface area contributed by atoms with E-state index in [0.29, 0.717) is 21.8 Å². The van der Waals surface area contributed by atoms with Gasteiger partial charge in [-0.3, -0.25) is 19.1 Å². The molecule has 3 aromatic heterocycles. The number of carbonyl (C=O) groups excluding carboxylic acids is 2. The number of hydrogen-bond donors (Lipinski definition) is 1. The lowest BCUT2D eigenvalue weighted by Crippen LogP contribution is -2.46. The first-order valence-corrected chi connectivity index (χ1v) is 13.4. The second kappa shape index (κ2) is 12.1. The Bertz CT molecular complexity index is 1300. The molecular weight excluding hydrogens is 561 g/mol. The number of carbonyl (C=O) groups is 2. The molecule has 10 nitrogen and oxygen atoms in total. The van der Waals surface area contributed by atoms with E-state index in [1.807, 2.05) is 0 Å². The molecular formula is C24H28ClF3N6O4S. The highest BCUT2D eigenvalue weighted by Gasteiger charge is 2.35. The average Bonchev–Trinajstić information content (AvgIpc) is 3.62. The third-order valence-corrected chi connectivity index (χ3v) is 7.53. The number of alkyl halides is 3. The Morgan fingerprint density at radius 2 is 2.00 bits per heavy atom. The Kier molecular flexibility index (Phi) is 8.99. The maximum atomic E-state index is 13.3. The van der Waals surface area contributed by atoms with Gasteiger partial charge in [-0.15, -0.1) is 11.3 Å². The first kappa shape index (κ1) is 29.1. The van der Waals surface area contributed by atoms with Gasteiger partial charge in [-0.2, -0.15) is 18.3 Å². The van der Waals surface area contributed by atoms with Crippen LogP contribution >= 0.6 is 22.9 Å². The number of thiophene rings is 1. The van der Waals surface area contributed by atoms with Crippen LogP contribution in [0.5, 0.6) is 0 Å². The van der Waals surface area contributed by atoms with Crippen molar-refractivity contribution in [1.29, 1.82) is 0 Å². The minimum atomic E-state index is -4.69.